The van der Waals surface area contributed by atoms with E-state index in [1.54, 1.807) is 12.4 Å². The van der Waals surface area contributed by atoms with Crippen molar-refractivity contribution in [1.29, 1.82) is 5.26 Å². The number of anilines is 2. The zero-order chi connectivity index (χ0) is 19.0. The lowest BCUT2D eigenvalue weighted by Gasteiger charge is -2.35. The predicted molar refractivity (Wildman–Crippen MR) is 95.7 cm³/mol. The molecule has 1 amide bonds. The van der Waals surface area contributed by atoms with Gasteiger partial charge in [-0.15, -0.1) is 0 Å². The molecular formula is C17H15FN8O. The van der Waals surface area contributed by atoms with Crippen LogP contribution < -0.4 is 15.5 Å². The number of nitriles is 1. The fourth-order valence-electron chi connectivity index (χ4n) is 3.13. The van der Waals surface area contributed by atoms with Crippen molar-refractivity contribution in [2.24, 2.45) is 5.73 Å². The number of halogens is 1. The van der Waals surface area contributed by atoms with Crippen LogP contribution in [0.25, 0.3) is 11.0 Å². The Labute approximate surface area is 153 Å². The normalized spacial score (nSPS) is 14.4. The van der Waals surface area contributed by atoms with Crippen LogP contribution >= 0.6 is 0 Å². The number of imidazole rings is 1. The van der Waals surface area contributed by atoms with Gasteiger partial charge >= 0.3 is 0 Å². The number of nitrogens with one attached hydrogen (secondary N) is 1. The molecule has 0 radical (unpaired) electrons. The second-order valence-corrected chi connectivity index (χ2v) is 6.12. The van der Waals surface area contributed by atoms with Gasteiger partial charge in [-0.1, -0.05) is 0 Å². The lowest BCUT2D eigenvalue weighted by Crippen LogP contribution is -2.47. The molecule has 2 aromatic heterocycles. The Morgan fingerprint density at radius 3 is 2.48 bits per heavy atom. The molecule has 3 heterocycles. The second-order valence-electron chi connectivity index (χ2n) is 6.12. The highest BCUT2D eigenvalue weighted by atomic mass is 19.1. The lowest BCUT2D eigenvalue weighted by molar-refractivity contribution is 0.100. The summed E-state index contributed by atoms with van der Waals surface area (Å²) in [5.74, 6) is -0.564. The van der Waals surface area contributed by atoms with E-state index in [4.69, 9.17) is 11.0 Å². The van der Waals surface area contributed by atoms with Crippen LogP contribution in [0.4, 0.5) is 16.0 Å². The number of aromatic amines is 1. The molecule has 0 spiro atoms. The van der Waals surface area contributed by atoms with Gasteiger partial charge in [0.05, 0.1) is 29.2 Å². The monoisotopic (exact) mass is 366 g/mol. The Hall–Kier alpha value is -3.74. The Kier molecular flexibility index (Phi) is 4.04. The third-order valence-corrected chi connectivity index (χ3v) is 4.49. The molecule has 1 aromatic carbocycles. The van der Waals surface area contributed by atoms with E-state index in [-0.39, 0.29) is 11.4 Å². The minimum atomic E-state index is -0.719. The summed E-state index contributed by atoms with van der Waals surface area (Å²) in [4.78, 5) is 31.1. The van der Waals surface area contributed by atoms with E-state index < -0.39 is 11.7 Å². The summed E-state index contributed by atoms with van der Waals surface area (Å²) in [5, 5.41) is 8.77. The van der Waals surface area contributed by atoms with Gasteiger partial charge in [-0.3, -0.25) is 4.79 Å². The van der Waals surface area contributed by atoms with E-state index in [0.717, 1.165) is 11.8 Å². The lowest BCUT2D eigenvalue weighted by atomic mass is 10.1. The Bertz CT molecular complexity index is 1050. The minimum absolute atomic E-state index is 0.0564. The summed E-state index contributed by atoms with van der Waals surface area (Å²) in [6.45, 7) is 2.72. The van der Waals surface area contributed by atoms with Crippen molar-refractivity contribution in [3.8, 4) is 6.07 Å². The van der Waals surface area contributed by atoms with Crippen LogP contribution in [0.1, 0.15) is 16.2 Å². The molecule has 3 N–H and O–H groups in total. The zero-order valence-electron chi connectivity index (χ0n) is 14.2. The number of fused-ring (bicyclic) bond motifs is 1. The van der Waals surface area contributed by atoms with Gasteiger partial charge in [-0.05, 0) is 12.1 Å². The first kappa shape index (κ1) is 16.7. The molecule has 0 saturated carbocycles. The molecule has 3 aromatic rings. The van der Waals surface area contributed by atoms with Gasteiger partial charge in [-0.2, -0.15) is 5.26 Å². The van der Waals surface area contributed by atoms with Gasteiger partial charge in [0.2, 0.25) is 11.8 Å². The Balaban J connectivity index is 1.53. The summed E-state index contributed by atoms with van der Waals surface area (Å²) in [6.07, 6.45) is 3.26. The molecule has 1 aliphatic heterocycles. The molecular weight excluding hydrogens is 351 g/mol. The zero-order valence-corrected chi connectivity index (χ0v) is 14.2. The summed E-state index contributed by atoms with van der Waals surface area (Å²) in [5.41, 5.74) is 7.02. The molecule has 10 heteroatoms. The van der Waals surface area contributed by atoms with E-state index in [2.05, 4.69) is 24.8 Å². The molecule has 1 fully saturated rings. The average Bonchev–Trinajstić information content (AvgIpc) is 3.11. The number of benzene rings is 1. The number of carbonyl (C=O) groups is 1. The van der Waals surface area contributed by atoms with E-state index in [1.165, 1.54) is 6.07 Å². The minimum Gasteiger partial charge on any atom is -0.366 e. The molecule has 0 atom stereocenters. The van der Waals surface area contributed by atoms with Crippen LogP contribution in [0, 0.1) is 17.1 Å². The highest BCUT2D eigenvalue weighted by molar-refractivity contribution is 6.04. The van der Waals surface area contributed by atoms with Crippen LogP contribution in [0.2, 0.25) is 0 Å². The van der Waals surface area contributed by atoms with Gasteiger partial charge in [-0.25, -0.2) is 19.3 Å². The molecule has 0 bridgehead atoms. The first-order valence-electron chi connectivity index (χ1n) is 8.26. The van der Waals surface area contributed by atoms with Crippen LogP contribution in [-0.2, 0) is 0 Å². The number of piperazine rings is 1. The van der Waals surface area contributed by atoms with E-state index in [0.29, 0.717) is 43.2 Å². The standard InChI is InChI=1S/C17H15FN8O/c18-10-5-12(16(20)27)15-13(6-10)23-17(24-15)26-3-1-25(2-4-26)11-8-21-14(7-19)22-9-11/h5-6,8-9H,1-4H2,(H2,20,27)(H,23,24). The molecule has 0 unspecified atom stereocenters. The van der Waals surface area contributed by atoms with Crippen LogP contribution in [0.3, 0.4) is 0 Å². The third kappa shape index (κ3) is 3.10. The maximum Gasteiger partial charge on any atom is 0.251 e. The molecule has 1 saturated heterocycles. The summed E-state index contributed by atoms with van der Waals surface area (Å²) in [6, 6.07) is 4.28. The molecule has 136 valence electrons. The van der Waals surface area contributed by atoms with Crippen LogP contribution in [-0.4, -0.2) is 52.0 Å². The van der Waals surface area contributed by atoms with E-state index >= 15 is 0 Å². The smallest absolute Gasteiger partial charge is 0.251 e. The SMILES string of the molecule is N#Cc1ncc(N2CCN(c3nc4c(C(N)=O)cc(F)cc4[nH]3)CC2)cn1. The number of hydrogen-bond donors (Lipinski definition) is 2. The molecule has 0 aliphatic carbocycles. The molecule has 1 aliphatic rings. The number of nitrogens with zero attached hydrogens (tertiary/aromatic N) is 6. The second kappa shape index (κ2) is 6.53. The average molecular weight is 366 g/mol. The van der Waals surface area contributed by atoms with E-state index in [1.807, 2.05) is 11.0 Å². The molecule has 4 rings (SSSR count). The maximum atomic E-state index is 13.7. The first-order valence-corrected chi connectivity index (χ1v) is 8.26. The third-order valence-electron chi connectivity index (χ3n) is 4.49. The number of aromatic nitrogens is 4. The van der Waals surface area contributed by atoms with Crippen LogP contribution in [0.5, 0.6) is 0 Å². The predicted octanol–water partition coefficient (Wildman–Crippen LogP) is 0.789. The summed E-state index contributed by atoms with van der Waals surface area (Å²) >= 11 is 0. The van der Waals surface area contributed by atoms with Crippen LogP contribution in [0.15, 0.2) is 24.5 Å². The first-order chi connectivity index (χ1) is 13.0. The van der Waals surface area contributed by atoms with Crippen molar-refractivity contribution in [3.05, 3.63) is 41.7 Å². The number of nitrogens with two attached hydrogens (primary N) is 1. The highest BCUT2D eigenvalue weighted by Crippen LogP contribution is 2.24. The summed E-state index contributed by atoms with van der Waals surface area (Å²) in [7, 11) is 0. The molecule has 9 nitrogen and oxygen atoms in total. The van der Waals surface area contributed by atoms with Crippen molar-refractivity contribution in [2.75, 3.05) is 36.0 Å². The number of amides is 1. The maximum absolute atomic E-state index is 13.7. The largest absolute Gasteiger partial charge is 0.366 e. The van der Waals surface area contributed by atoms with Gasteiger partial charge in [0.25, 0.3) is 5.91 Å². The fourth-order valence-corrected chi connectivity index (χ4v) is 3.13. The quantitative estimate of drug-likeness (QED) is 0.701. The highest BCUT2D eigenvalue weighted by Gasteiger charge is 2.22. The van der Waals surface area contributed by atoms with Crippen molar-refractivity contribution >= 4 is 28.6 Å². The topological polar surface area (TPSA) is 128 Å². The van der Waals surface area contributed by atoms with Gasteiger partial charge in [0.15, 0.2) is 0 Å². The Morgan fingerprint density at radius 1 is 1.19 bits per heavy atom. The number of primary amides is 1. The van der Waals surface area contributed by atoms with E-state index in [9.17, 15) is 9.18 Å². The number of rotatable bonds is 3. The molecule has 27 heavy (non-hydrogen) atoms. The van der Waals surface area contributed by atoms with Gasteiger partial charge in [0, 0.05) is 26.2 Å². The number of hydrogen-bond acceptors (Lipinski definition) is 7. The number of carbonyl (C=O) groups excluding carboxylic acids is 1. The number of H-pyrrole nitrogens is 1. The summed E-state index contributed by atoms with van der Waals surface area (Å²) < 4.78 is 13.7. The fraction of sp³-hybridized carbons (Fsp3) is 0.235. The van der Waals surface area contributed by atoms with Crippen molar-refractivity contribution in [2.45, 2.75) is 0 Å². The van der Waals surface area contributed by atoms with Crippen molar-refractivity contribution < 1.29 is 9.18 Å². The van der Waals surface area contributed by atoms with Gasteiger partial charge < -0.3 is 20.5 Å². The van der Waals surface area contributed by atoms with Crippen molar-refractivity contribution in [1.82, 2.24) is 19.9 Å². The Morgan fingerprint density at radius 2 is 1.85 bits per heavy atom. The van der Waals surface area contributed by atoms with Crippen molar-refractivity contribution in [3.63, 3.8) is 0 Å². The van der Waals surface area contributed by atoms with Gasteiger partial charge in [0.1, 0.15) is 17.4 Å².